The second-order valence-corrected chi connectivity index (χ2v) is 9.03. The minimum absolute atomic E-state index is 0.0191. The first-order valence-corrected chi connectivity index (χ1v) is 11.7. The Morgan fingerprint density at radius 2 is 1.97 bits per heavy atom. The van der Waals surface area contributed by atoms with Crippen molar-refractivity contribution < 1.29 is 19.1 Å². The third-order valence-corrected chi connectivity index (χ3v) is 6.69. The van der Waals surface area contributed by atoms with Gasteiger partial charge in [-0.1, -0.05) is 26.0 Å². The number of amides is 2. The Hall–Kier alpha value is -2.38. The maximum absolute atomic E-state index is 13.2. The molecule has 1 aliphatic rings. The lowest BCUT2D eigenvalue weighted by Gasteiger charge is -2.37. The molecule has 0 radical (unpaired) electrons. The summed E-state index contributed by atoms with van der Waals surface area (Å²) in [5, 5.41) is 2.07. The van der Waals surface area contributed by atoms with E-state index in [4.69, 9.17) is 9.47 Å². The van der Waals surface area contributed by atoms with Crippen molar-refractivity contribution in [3.8, 4) is 5.75 Å². The van der Waals surface area contributed by atoms with Crippen LogP contribution in [0, 0.1) is 0 Å². The lowest BCUT2D eigenvalue weighted by Crippen LogP contribution is -2.48. The first-order chi connectivity index (χ1) is 14.9. The first-order valence-electron chi connectivity index (χ1n) is 10.8. The van der Waals surface area contributed by atoms with E-state index in [0.717, 1.165) is 17.7 Å². The number of rotatable bonds is 9. The van der Waals surface area contributed by atoms with Gasteiger partial charge in [-0.25, -0.2) is 0 Å². The summed E-state index contributed by atoms with van der Waals surface area (Å²) in [6.07, 6.45) is 0.830. The molecule has 0 N–H and O–H groups in total. The van der Waals surface area contributed by atoms with Crippen molar-refractivity contribution in [3.63, 3.8) is 0 Å². The number of thiophene rings is 1. The van der Waals surface area contributed by atoms with Crippen LogP contribution in [0.3, 0.4) is 0 Å². The SMILES string of the molecule is CCN(CC(=O)N1CCc2sccc2C1COc1ccc(C(C)C)cc1)C(=O)COC. The molecule has 168 valence electrons. The smallest absolute Gasteiger partial charge is 0.249 e. The predicted molar refractivity (Wildman–Crippen MR) is 123 cm³/mol. The van der Waals surface area contributed by atoms with Crippen molar-refractivity contribution >= 4 is 23.2 Å². The standard InChI is InChI=1S/C24H32N2O4S/c1-5-25(24(28)16-29-4)14-23(27)26-12-10-22-20(11-13-31-22)21(26)15-30-19-8-6-18(7-9-19)17(2)3/h6-9,11,13,17,21H,5,10,12,14-16H2,1-4H3. The fraction of sp³-hybridized carbons (Fsp3) is 0.500. The number of hydrogen-bond donors (Lipinski definition) is 0. The van der Waals surface area contributed by atoms with Crippen molar-refractivity contribution in [3.05, 3.63) is 51.7 Å². The van der Waals surface area contributed by atoms with Gasteiger partial charge in [-0.3, -0.25) is 9.59 Å². The molecule has 7 heteroatoms. The second-order valence-electron chi connectivity index (χ2n) is 8.03. The molecule has 0 aliphatic carbocycles. The highest BCUT2D eigenvalue weighted by molar-refractivity contribution is 7.10. The second kappa shape index (κ2) is 10.8. The molecule has 0 bridgehead atoms. The van der Waals surface area contributed by atoms with E-state index in [0.29, 0.717) is 25.6 Å². The van der Waals surface area contributed by atoms with E-state index in [1.807, 2.05) is 24.0 Å². The van der Waals surface area contributed by atoms with Gasteiger partial charge < -0.3 is 19.3 Å². The highest BCUT2D eigenvalue weighted by atomic mass is 32.1. The van der Waals surface area contributed by atoms with E-state index >= 15 is 0 Å². The molecule has 0 saturated heterocycles. The molecule has 2 aromatic rings. The summed E-state index contributed by atoms with van der Waals surface area (Å²) in [6.45, 7) is 7.71. The molecule has 6 nitrogen and oxygen atoms in total. The van der Waals surface area contributed by atoms with Crippen molar-refractivity contribution in [2.24, 2.45) is 0 Å². The number of likely N-dealkylation sites (N-methyl/N-ethyl adjacent to an activating group) is 1. The first kappa shape index (κ1) is 23.3. The maximum atomic E-state index is 13.2. The number of fused-ring (bicyclic) bond motifs is 1. The van der Waals surface area contributed by atoms with Gasteiger partial charge in [-0.15, -0.1) is 11.3 Å². The van der Waals surface area contributed by atoms with Gasteiger partial charge >= 0.3 is 0 Å². The summed E-state index contributed by atoms with van der Waals surface area (Å²) in [5.74, 6) is 1.03. The molecular formula is C24H32N2O4S. The normalized spacial score (nSPS) is 15.6. The Balaban J connectivity index is 1.73. The van der Waals surface area contributed by atoms with Gasteiger partial charge in [0.2, 0.25) is 11.8 Å². The van der Waals surface area contributed by atoms with Crippen LogP contribution in [0.1, 0.15) is 48.7 Å². The van der Waals surface area contributed by atoms with Gasteiger partial charge in [0.25, 0.3) is 0 Å². The van der Waals surface area contributed by atoms with Crippen molar-refractivity contribution in [2.75, 3.05) is 40.0 Å². The molecule has 1 aromatic carbocycles. The molecule has 0 saturated carbocycles. The average Bonchev–Trinajstić information content (AvgIpc) is 3.25. The zero-order valence-electron chi connectivity index (χ0n) is 18.8. The Bertz CT molecular complexity index is 878. The number of carbonyl (C=O) groups is 2. The summed E-state index contributed by atoms with van der Waals surface area (Å²) in [7, 11) is 1.48. The quantitative estimate of drug-likeness (QED) is 0.589. The van der Waals surface area contributed by atoms with Gasteiger partial charge in [0.1, 0.15) is 19.0 Å². The number of hydrogen-bond acceptors (Lipinski definition) is 5. The fourth-order valence-electron chi connectivity index (χ4n) is 3.84. The summed E-state index contributed by atoms with van der Waals surface area (Å²) >= 11 is 1.73. The van der Waals surface area contributed by atoms with Crippen LogP contribution in [0.4, 0.5) is 0 Å². The maximum Gasteiger partial charge on any atom is 0.249 e. The molecule has 1 unspecified atom stereocenters. The van der Waals surface area contributed by atoms with E-state index in [-0.39, 0.29) is 31.0 Å². The van der Waals surface area contributed by atoms with E-state index in [1.54, 1.807) is 11.3 Å². The number of nitrogens with zero attached hydrogens (tertiary/aromatic N) is 2. The molecule has 2 amide bonds. The topological polar surface area (TPSA) is 59.1 Å². The molecule has 3 rings (SSSR count). The molecule has 1 aliphatic heterocycles. The van der Waals surface area contributed by atoms with Crippen molar-refractivity contribution in [1.82, 2.24) is 9.80 Å². The van der Waals surface area contributed by atoms with Crippen LogP contribution in [0.2, 0.25) is 0 Å². The van der Waals surface area contributed by atoms with Crippen LogP contribution in [0.25, 0.3) is 0 Å². The third kappa shape index (κ3) is 5.66. The van der Waals surface area contributed by atoms with E-state index in [1.165, 1.54) is 22.5 Å². The Kier molecular flexibility index (Phi) is 8.09. The molecule has 1 aromatic heterocycles. The highest BCUT2D eigenvalue weighted by Gasteiger charge is 2.33. The van der Waals surface area contributed by atoms with Crippen LogP contribution in [0.5, 0.6) is 5.75 Å². The summed E-state index contributed by atoms with van der Waals surface area (Å²) in [4.78, 5) is 30.1. The number of carbonyl (C=O) groups excluding carboxylic acids is 2. The van der Waals surface area contributed by atoms with Crippen LogP contribution in [-0.4, -0.2) is 61.6 Å². The van der Waals surface area contributed by atoms with Crippen molar-refractivity contribution in [2.45, 2.75) is 39.2 Å². The lowest BCUT2D eigenvalue weighted by molar-refractivity contribution is -0.144. The van der Waals surface area contributed by atoms with Crippen molar-refractivity contribution in [1.29, 1.82) is 0 Å². The fourth-order valence-corrected chi connectivity index (χ4v) is 4.77. The number of ether oxygens (including phenoxy) is 2. The van der Waals surface area contributed by atoms with E-state index in [2.05, 4.69) is 37.4 Å². The zero-order valence-corrected chi connectivity index (χ0v) is 19.6. The summed E-state index contributed by atoms with van der Waals surface area (Å²) in [5.41, 5.74) is 2.41. The highest BCUT2D eigenvalue weighted by Crippen LogP contribution is 2.34. The third-order valence-electron chi connectivity index (χ3n) is 5.70. The van der Waals surface area contributed by atoms with Crippen LogP contribution in [-0.2, 0) is 20.7 Å². The van der Waals surface area contributed by atoms with Gasteiger partial charge in [0.05, 0.1) is 12.6 Å². The van der Waals surface area contributed by atoms with Gasteiger partial charge in [0.15, 0.2) is 0 Å². The molecular weight excluding hydrogens is 412 g/mol. The Morgan fingerprint density at radius 3 is 2.61 bits per heavy atom. The number of methoxy groups -OCH3 is 1. The Morgan fingerprint density at radius 1 is 1.23 bits per heavy atom. The van der Waals surface area contributed by atoms with Crippen LogP contribution < -0.4 is 4.74 Å². The Labute approximate surface area is 188 Å². The minimum atomic E-state index is -0.176. The zero-order chi connectivity index (χ0) is 22.4. The van der Waals surface area contributed by atoms with Crippen LogP contribution in [0.15, 0.2) is 35.7 Å². The molecule has 0 spiro atoms. The lowest BCUT2D eigenvalue weighted by atomic mass is 10.00. The van der Waals surface area contributed by atoms with E-state index < -0.39 is 0 Å². The summed E-state index contributed by atoms with van der Waals surface area (Å²) < 4.78 is 11.1. The predicted octanol–water partition coefficient (Wildman–Crippen LogP) is 3.87. The largest absolute Gasteiger partial charge is 0.491 e. The van der Waals surface area contributed by atoms with Gasteiger partial charge in [-0.2, -0.15) is 0 Å². The molecule has 0 fully saturated rings. The monoisotopic (exact) mass is 444 g/mol. The average molecular weight is 445 g/mol. The van der Waals surface area contributed by atoms with Gasteiger partial charge in [-0.05, 0) is 54.0 Å². The molecule has 2 heterocycles. The molecule has 1 atom stereocenters. The summed E-state index contributed by atoms with van der Waals surface area (Å²) in [6, 6.07) is 10.1. The van der Waals surface area contributed by atoms with Crippen LogP contribution >= 0.6 is 11.3 Å². The van der Waals surface area contributed by atoms with E-state index in [9.17, 15) is 9.59 Å². The molecule has 31 heavy (non-hydrogen) atoms. The number of benzene rings is 1. The van der Waals surface area contributed by atoms with Gasteiger partial charge in [0, 0.05) is 25.1 Å². The minimum Gasteiger partial charge on any atom is -0.491 e.